The van der Waals surface area contributed by atoms with Gasteiger partial charge in [-0.25, -0.2) is 4.39 Å². The molecule has 1 heterocycles. The number of carbonyl (C=O) groups is 1. The Balaban J connectivity index is 1.57. The maximum absolute atomic E-state index is 14.0. The Morgan fingerprint density at radius 1 is 1.12 bits per heavy atom. The van der Waals surface area contributed by atoms with Gasteiger partial charge in [0.25, 0.3) is 5.69 Å². The molecule has 4 aromatic rings. The zero-order chi connectivity index (χ0) is 24.1. The third-order valence-corrected chi connectivity index (χ3v) is 5.69. The second-order valence-electron chi connectivity index (χ2n) is 6.96. The number of halogens is 1. The molecule has 0 radical (unpaired) electrons. The standard InChI is InChI=1S/C23H18FN5O4S/c1-33-18-10-7-15(8-11-18)22-26-27-23(28(22)16-5-3-2-4-6-16)34-14-21(30)25-20-13-17(29(31)32)9-12-19(20)24/h2-13H,14H2,1H3,(H,25,30). The van der Waals surface area contributed by atoms with Crippen LogP contribution in [-0.4, -0.2) is 38.5 Å². The lowest BCUT2D eigenvalue weighted by atomic mass is 10.2. The molecule has 1 N–H and O–H groups in total. The van der Waals surface area contributed by atoms with Gasteiger partial charge < -0.3 is 10.1 Å². The molecule has 0 atom stereocenters. The minimum absolute atomic E-state index is 0.115. The first kappa shape index (κ1) is 22.9. The van der Waals surface area contributed by atoms with Gasteiger partial charge >= 0.3 is 0 Å². The highest BCUT2D eigenvalue weighted by atomic mass is 32.2. The Morgan fingerprint density at radius 3 is 2.53 bits per heavy atom. The second kappa shape index (κ2) is 10.1. The Kier molecular flexibility index (Phi) is 6.83. The largest absolute Gasteiger partial charge is 0.497 e. The Hall–Kier alpha value is -4.25. The van der Waals surface area contributed by atoms with E-state index in [0.29, 0.717) is 16.7 Å². The smallest absolute Gasteiger partial charge is 0.271 e. The van der Waals surface area contributed by atoms with Crippen LogP contribution >= 0.6 is 11.8 Å². The van der Waals surface area contributed by atoms with Gasteiger partial charge in [-0.3, -0.25) is 19.5 Å². The molecule has 4 rings (SSSR count). The predicted octanol–water partition coefficient (Wildman–Crippen LogP) is 4.72. The number of carbonyl (C=O) groups excluding carboxylic acids is 1. The average molecular weight is 479 g/mol. The van der Waals surface area contributed by atoms with Gasteiger partial charge in [0.15, 0.2) is 11.0 Å². The van der Waals surface area contributed by atoms with Gasteiger partial charge in [-0.2, -0.15) is 0 Å². The summed E-state index contributed by atoms with van der Waals surface area (Å²) in [6.45, 7) is 0. The zero-order valence-electron chi connectivity index (χ0n) is 17.8. The molecular weight excluding hydrogens is 461 g/mol. The number of nitro benzene ring substituents is 1. The van der Waals surface area contributed by atoms with Crippen LogP contribution in [0.3, 0.4) is 0 Å². The summed E-state index contributed by atoms with van der Waals surface area (Å²) >= 11 is 1.11. The van der Waals surface area contributed by atoms with Crippen molar-refractivity contribution in [3.8, 4) is 22.8 Å². The summed E-state index contributed by atoms with van der Waals surface area (Å²) in [5, 5.41) is 22.3. The first-order valence-electron chi connectivity index (χ1n) is 9.98. The topological polar surface area (TPSA) is 112 Å². The number of para-hydroxylation sites is 1. The van der Waals surface area contributed by atoms with Gasteiger partial charge in [0.05, 0.1) is 23.5 Å². The van der Waals surface area contributed by atoms with Crippen molar-refractivity contribution in [1.82, 2.24) is 14.8 Å². The van der Waals surface area contributed by atoms with Crippen molar-refractivity contribution in [2.45, 2.75) is 5.16 Å². The number of methoxy groups -OCH3 is 1. The lowest BCUT2D eigenvalue weighted by molar-refractivity contribution is -0.384. The maximum Gasteiger partial charge on any atom is 0.271 e. The molecule has 0 aliphatic heterocycles. The van der Waals surface area contributed by atoms with Crippen molar-refractivity contribution in [2.75, 3.05) is 18.2 Å². The molecule has 0 bridgehead atoms. The van der Waals surface area contributed by atoms with E-state index < -0.39 is 16.6 Å². The lowest BCUT2D eigenvalue weighted by Crippen LogP contribution is -2.15. The average Bonchev–Trinajstić information content (AvgIpc) is 3.28. The summed E-state index contributed by atoms with van der Waals surface area (Å²) in [6, 6.07) is 19.7. The molecule has 0 saturated carbocycles. The third-order valence-electron chi connectivity index (χ3n) is 4.76. The number of aromatic nitrogens is 3. The Labute approximate surface area is 197 Å². The van der Waals surface area contributed by atoms with Crippen molar-refractivity contribution >= 4 is 29.0 Å². The number of hydrogen-bond donors (Lipinski definition) is 1. The van der Waals surface area contributed by atoms with E-state index in [2.05, 4.69) is 15.5 Å². The SMILES string of the molecule is COc1ccc(-c2nnc(SCC(=O)Nc3cc([N+](=O)[O-])ccc3F)n2-c2ccccc2)cc1. The number of rotatable bonds is 8. The summed E-state index contributed by atoms with van der Waals surface area (Å²) in [5.74, 6) is -0.151. The van der Waals surface area contributed by atoms with Crippen molar-refractivity contribution < 1.29 is 18.8 Å². The van der Waals surface area contributed by atoms with Crippen LogP contribution in [0.15, 0.2) is 78.0 Å². The molecule has 0 aliphatic rings. The third kappa shape index (κ3) is 5.04. The zero-order valence-corrected chi connectivity index (χ0v) is 18.7. The van der Waals surface area contributed by atoms with E-state index in [-0.39, 0.29) is 17.1 Å². The van der Waals surface area contributed by atoms with Gasteiger partial charge in [0.2, 0.25) is 5.91 Å². The first-order valence-corrected chi connectivity index (χ1v) is 11.0. The number of nitro groups is 1. The van der Waals surface area contributed by atoms with E-state index >= 15 is 0 Å². The minimum Gasteiger partial charge on any atom is -0.497 e. The van der Waals surface area contributed by atoms with Crippen LogP contribution in [0.4, 0.5) is 15.8 Å². The Bertz CT molecular complexity index is 1330. The van der Waals surface area contributed by atoms with Crippen LogP contribution in [-0.2, 0) is 4.79 Å². The van der Waals surface area contributed by atoms with Crippen LogP contribution in [0.1, 0.15) is 0 Å². The van der Waals surface area contributed by atoms with Crippen molar-refractivity contribution in [2.24, 2.45) is 0 Å². The van der Waals surface area contributed by atoms with Crippen LogP contribution < -0.4 is 10.1 Å². The van der Waals surface area contributed by atoms with Gasteiger partial charge in [0, 0.05) is 23.4 Å². The van der Waals surface area contributed by atoms with Gasteiger partial charge in [-0.1, -0.05) is 30.0 Å². The van der Waals surface area contributed by atoms with Crippen LogP contribution in [0.2, 0.25) is 0 Å². The van der Waals surface area contributed by atoms with Crippen molar-refractivity contribution in [1.29, 1.82) is 0 Å². The monoisotopic (exact) mass is 479 g/mol. The number of nitrogens with zero attached hydrogens (tertiary/aromatic N) is 4. The van der Waals surface area contributed by atoms with Crippen molar-refractivity contribution in [3.63, 3.8) is 0 Å². The Morgan fingerprint density at radius 2 is 1.85 bits per heavy atom. The molecule has 0 spiro atoms. The summed E-state index contributed by atoms with van der Waals surface area (Å²) in [5.41, 5.74) is 1.01. The van der Waals surface area contributed by atoms with Crippen LogP contribution in [0, 0.1) is 15.9 Å². The molecule has 34 heavy (non-hydrogen) atoms. The number of benzene rings is 3. The fraction of sp³-hybridized carbons (Fsp3) is 0.0870. The molecule has 0 aliphatic carbocycles. The van der Waals surface area contributed by atoms with Gasteiger partial charge in [-0.15, -0.1) is 10.2 Å². The number of nitrogens with one attached hydrogen (secondary N) is 1. The minimum atomic E-state index is -0.766. The first-order chi connectivity index (χ1) is 16.5. The van der Waals surface area contributed by atoms with E-state index in [1.165, 1.54) is 0 Å². The van der Waals surface area contributed by atoms with E-state index in [9.17, 15) is 19.3 Å². The molecule has 0 unspecified atom stereocenters. The van der Waals surface area contributed by atoms with E-state index in [0.717, 1.165) is 41.2 Å². The fourth-order valence-corrected chi connectivity index (χ4v) is 3.89. The molecule has 0 fully saturated rings. The number of ether oxygens (including phenoxy) is 1. The van der Waals surface area contributed by atoms with Gasteiger partial charge in [-0.05, 0) is 42.5 Å². The number of hydrogen-bond acceptors (Lipinski definition) is 7. The predicted molar refractivity (Wildman–Crippen MR) is 126 cm³/mol. The molecule has 172 valence electrons. The quantitative estimate of drug-likeness (QED) is 0.221. The van der Waals surface area contributed by atoms with Crippen molar-refractivity contribution in [3.05, 3.63) is 88.7 Å². The summed E-state index contributed by atoms with van der Waals surface area (Å²) < 4.78 is 21.0. The molecular formula is C23H18FN5O4S. The number of thioether (sulfide) groups is 1. The van der Waals surface area contributed by atoms with Gasteiger partial charge in [0.1, 0.15) is 11.6 Å². The van der Waals surface area contributed by atoms with E-state index in [1.807, 2.05) is 59.2 Å². The fourth-order valence-electron chi connectivity index (χ4n) is 3.14. The van der Waals surface area contributed by atoms with E-state index in [1.54, 1.807) is 7.11 Å². The molecule has 1 amide bonds. The van der Waals surface area contributed by atoms with Crippen LogP contribution in [0.5, 0.6) is 5.75 Å². The number of anilines is 1. The lowest BCUT2D eigenvalue weighted by Gasteiger charge is -2.11. The van der Waals surface area contributed by atoms with E-state index in [4.69, 9.17) is 4.74 Å². The summed E-state index contributed by atoms with van der Waals surface area (Å²) in [6.07, 6.45) is 0. The highest BCUT2D eigenvalue weighted by Crippen LogP contribution is 2.29. The highest BCUT2D eigenvalue weighted by Gasteiger charge is 2.18. The molecule has 11 heteroatoms. The number of amides is 1. The van der Waals surface area contributed by atoms with Crippen LogP contribution in [0.25, 0.3) is 17.1 Å². The maximum atomic E-state index is 14.0. The highest BCUT2D eigenvalue weighted by molar-refractivity contribution is 7.99. The molecule has 9 nitrogen and oxygen atoms in total. The molecule has 1 aromatic heterocycles. The molecule has 3 aromatic carbocycles. The number of non-ortho nitro benzene ring substituents is 1. The normalized spacial score (nSPS) is 10.6. The second-order valence-corrected chi connectivity index (χ2v) is 7.91. The summed E-state index contributed by atoms with van der Waals surface area (Å²) in [7, 11) is 1.58. The molecule has 0 saturated heterocycles. The summed E-state index contributed by atoms with van der Waals surface area (Å²) in [4.78, 5) is 22.7.